The first-order valence-electron chi connectivity index (χ1n) is 8.46. The molecule has 1 fully saturated rings. The van der Waals surface area contributed by atoms with Gasteiger partial charge in [-0.2, -0.15) is 0 Å². The van der Waals surface area contributed by atoms with Gasteiger partial charge >= 0.3 is 0 Å². The Hall–Kier alpha value is -1.02. The van der Waals surface area contributed by atoms with E-state index in [0.717, 1.165) is 12.3 Å². The van der Waals surface area contributed by atoms with Crippen molar-refractivity contribution in [3.8, 4) is 5.75 Å². The number of methoxy groups -OCH3 is 1. The molecular formula is C19H31NO. The van der Waals surface area contributed by atoms with Crippen LogP contribution in [-0.2, 0) is 0 Å². The lowest BCUT2D eigenvalue weighted by atomic mass is 9.73. The standard InChI is InChI=1S/C19H31NO/c1-6-19(10-8-9-11-19)18(20-7-2)16-12-14(3)17(21-5)15(4)13-16/h12-13,18,20H,6-11H2,1-5H3. The van der Waals surface area contributed by atoms with Crippen molar-refractivity contribution in [2.24, 2.45) is 5.41 Å². The van der Waals surface area contributed by atoms with E-state index in [1.165, 1.54) is 48.8 Å². The molecule has 1 atom stereocenters. The molecule has 1 unspecified atom stereocenters. The van der Waals surface area contributed by atoms with Gasteiger partial charge in [0.2, 0.25) is 0 Å². The predicted molar refractivity (Wildman–Crippen MR) is 90.1 cm³/mol. The first kappa shape index (κ1) is 16.4. The molecule has 1 aromatic rings. The minimum atomic E-state index is 0.434. The van der Waals surface area contributed by atoms with Crippen molar-refractivity contribution < 1.29 is 4.74 Å². The quantitative estimate of drug-likeness (QED) is 0.801. The normalized spacial score (nSPS) is 18.7. The van der Waals surface area contributed by atoms with Gasteiger partial charge in [-0.15, -0.1) is 0 Å². The van der Waals surface area contributed by atoms with Gasteiger partial charge in [0.05, 0.1) is 7.11 Å². The van der Waals surface area contributed by atoms with Crippen LogP contribution < -0.4 is 10.1 Å². The maximum Gasteiger partial charge on any atom is 0.124 e. The van der Waals surface area contributed by atoms with Gasteiger partial charge in [0.15, 0.2) is 0 Å². The van der Waals surface area contributed by atoms with Gasteiger partial charge in [0.25, 0.3) is 0 Å². The minimum absolute atomic E-state index is 0.434. The number of benzene rings is 1. The molecule has 1 N–H and O–H groups in total. The van der Waals surface area contributed by atoms with Gasteiger partial charge in [0, 0.05) is 6.04 Å². The molecule has 0 amide bonds. The van der Waals surface area contributed by atoms with E-state index in [1.54, 1.807) is 7.11 Å². The fraction of sp³-hybridized carbons (Fsp3) is 0.684. The van der Waals surface area contributed by atoms with E-state index in [1.807, 2.05) is 0 Å². The summed E-state index contributed by atoms with van der Waals surface area (Å²) < 4.78 is 5.53. The average molecular weight is 289 g/mol. The van der Waals surface area contributed by atoms with Gasteiger partial charge in [-0.25, -0.2) is 0 Å². The van der Waals surface area contributed by atoms with E-state index < -0.39 is 0 Å². The van der Waals surface area contributed by atoms with Gasteiger partial charge in [-0.05, 0) is 61.8 Å². The number of hydrogen-bond acceptors (Lipinski definition) is 2. The van der Waals surface area contributed by atoms with E-state index >= 15 is 0 Å². The van der Waals surface area contributed by atoms with E-state index in [2.05, 4.69) is 45.1 Å². The van der Waals surface area contributed by atoms with Crippen LogP contribution >= 0.6 is 0 Å². The van der Waals surface area contributed by atoms with Crippen molar-refractivity contribution in [1.29, 1.82) is 0 Å². The summed E-state index contributed by atoms with van der Waals surface area (Å²) in [6.45, 7) is 9.92. The number of nitrogens with one attached hydrogen (secondary N) is 1. The highest BCUT2D eigenvalue weighted by atomic mass is 16.5. The second-order valence-corrected chi connectivity index (χ2v) is 6.60. The molecule has 118 valence electrons. The summed E-state index contributed by atoms with van der Waals surface area (Å²) in [5, 5.41) is 3.78. The summed E-state index contributed by atoms with van der Waals surface area (Å²) in [6, 6.07) is 5.13. The molecule has 1 aliphatic rings. The topological polar surface area (TPSA) is 21.3 Å². The average Bonchev–Trinajstić information content (AvgIpc) is 2.94. The Bertz CT molecular complexity index is 451. The highest BCUT2D eigenvalue weighted by Gasteiger charge is 2.40. The smallest absolute Gasteiger partial charge is 0.124 e. The molecule has 0 saturated heterocycles. The molecule has 0 radical (unpaired) electrons. The van der Waals surface area contributed by atoms with E-state index in [4.69, 9.17) is 4.74 Å². The number of rotatable bonds is 6. The summed E-state index contributed by atoms with van der Waals surface area (Å²) in [4.78, 5) is 0. The van der Waals surface area contributed by atoms with Crippen molar-refractivity contribution in [2.75, 3.05) is 13.7 Å². The molecule has 1 aliphatic carbocycles. The maximum atomic E-state index is 5.53. The van der Waals surface area contributed by atoms with Crippen LogP contribution in [-0.4, -0.2) is 13.7 Å². The Morgan fingerprint density at radius 1 is 1.14 bits per heavy atom. The van der Waals surface area contributed by atoms with Crippen LogP contribution in [0.1, 0.15) is 68.7 Å². The first-order valence-corrected chi connectivity index (χ1v) is 8.46. The van der Waals surface area contributed by atoms with Crippen LogP contribution in [0, 0.1) is 19.3 Å². The summed E-state index contributed by atoms with van der Waals surface area (Å²) in [7, 11) is 1.77. The van der Waals surface area contributed by atoms with Crippen molar-refractivity contribution >= 4 is 0 Å². The molecule has 0 aliphatic heterocycles. The molecule has 0 bridgehead atoms. The lowest BCUT2D eigenvalue weighted by Crippen LogP contribution is -2.36. The fourth-order valence-corrected chi connectivity index (χ4v) is 4.29. The summed E-state index contributed by atoms with van der Waals surface area (Å²) in [6.07, 6.45) is 6.72. The second kappa shape index (κ2) is 6.83. The summed E-state index contributed by atoms with van der Waals surface area (Å²) in [5.41, 5.74) is 4.37. The van der Waals surface area contributed by atoms with Crippen molar-refractivity contribution in [3.05, 3.63) is 28.8 Å². The minimum Gasteiger partial charge on any atom is -0.496 e. The summed E-state index contributed by atoms with van der Waals surface area (Å²) >= 11 is 0. The fourth-order valence-electron chi connectivity index (χ4n) is 4.29. The number of aryl methyl sites for hydroxylation is 2. The third-order valence-electron chi connectivity index (χ3n) is 5.34. The molecule has 21 heavy (non-hydrogen) atoms. The van der Waals surface area contributed by atoms with E-state index in [-0.39, 0.29) is 0 Å². The molecular weight excluding hydrogens is 258 g/mol. The lowest BCUT2D eigenvalue weighted by Gasteiger charge is -2.38. The van der Waals surface area contributed by atoms with Crippen LogP contribution in [0.4, 0.5) is 0 Å². The lowest BCUT2D eigenvalue weighted by molar-refractivity contribution is 0.189. The van der Waals surface area contributed by atoms with E-state index in [9.17, 15) is 0 Å². The molecule has 0 spiro atoms. The Labute approximate surface area is 130 Å². The van der Waals surface area contributed by atoms with Crippen LogP contribution in [0.5, 0.6) is 5.75 Å². The molecule has 2 rings (SSSR count). The highest BCUT2D eigenvalue weighted by molar-refractivity contribution is 5.44. The first-order chi connectivity index (χ1) is 10.1. The number of hydrogen-bond donors (Lipinski definition) is 1. The van der Waals surface area contributed by atoms with Crippen molar-refractivity contribution in [3.63, 3.8) is 0 Å². The molecule has 2 heteroatoms. The van der Waals surface area contributed by atoms with Crippen LogP contribution in [0.25, 0.3) is 0 Å². The SMILES string of the molecule is CCNC(c1cc(C)c(OC)c(C)c1)C1(CC)CCCC1. The zero-order chi connectivity index (χ0) is 15.5. The van der Waals surface area contributed by atoms with Crippen LogP contribution in [0.15, 0.2) is 12.1 Å². The second-order valence-electron chi connectivity index (χ2n) is 6.60. The molecule has 1 aromatic carbocycles. The van der Waals surface area contributed by atoms with Gasteiger partial charge in [-0.3, -0.25) is 0 Å². The maximum absolute atomic E-state index is 5.53. The third kappa shape index (κ3) is 3.11. The highest BCUT2D eigenvalue weighted by Crippen LogP contribution is 2.50. The molecule has 0 heterocycles. The van der Waals surface area contributed by atoms with Crippen molar-refractivity contribution in [1.82, 2.24) is 5.32 Å². The number of ether oxygens (including phenoxy) is 1. The molecule has 1 saturated carbocycles. The Morgan fingerprint density at radius 3 is 2.14 bits per heavy atom. The third-order valence-corrected chi connectivity index (χ3v) is 5.34. The van der Waals surface area contributed by atoms with Gasteiger partial charge in [0.1, 0.15) is 5.75 Å². The Morgan fingerprint density at radius 2 is 1.71 bits per heavy atom. The van der Waals surface area contributed by atoms with Gasteiger partial charge in [-0.1, -0.05) is 38.8 Å². The van der Waals surface area contributed by atoms with Gasteiger partial charge < -0.3 is 10.1 Å². The molecule has 0 aromatic heterocycles. The Kier molecular flexibility index (Phi) is 5.32. The zero-order valence-electron chi connectivity index (χ0n) is 14.4. The predicted octanol–water partition coefficient (Wildman–Crippen LogP) is 4.93. The van der Waals surface area contributed by atoms with Crippen LogP contribution in [0.3, 0.4) is 0 Å². The monoisotopic (exact) mass is 289 g/mol. The zero-order valence-corrected chi connectivity index (χ0v) is 14.4. The largest absolute Gasteiger partial charge is 0.496 e. The van der Waals surface area contributed by atoms with Crippen LogP contribution in [0.2, 0.25) is 0 Å². The Balaban J connectivity index is 2.43. The van der Waals surface area contributed by atoms with Crippen molar-refractivity contribution in [2.45, 2.75) is 65.8 Å². The van der Waals surface area contributed by atoms with E-state index in [0.29, 0.717) is 11.5 Å². The summed E-state index contributed by atoms with van der Waals surface area (Å²) in [5.74, 6) is 1.03. The molecule has 2 nitrogen and oxygen atoms in total.